The zero-order valence-electron chi connectivity index (χ0n) is 4.42. The molecule has 0 radical (unpaired) electrons. The van der Waals surface area contributed by atoms with Crippen LogP contribution in [0.4, 0.5) is 0 Å². The van der Waals surface area contributed by atoms with Gasteiger partial charge in [-0.3, -0.25) is 0 Å². The number of carboxylic acid groups (broad SMARTS) is 2. The fourth-order valence-corrected chi connectivity index (χ4v) is 0. The van der Waals surface area contributed by atoms with Crippen LogP contribution in [0.15, 0.2) is 0 Å². The summed E-state index contributed by atoms with van der Waals surface area (Å²) in [5.41, 5.74) is 0. The predicted molar refractivity (Wildman–Crippen MR) is 38.6 cm³/mol. The summed E-state index contributed by atoms with van der Waals surface area (Å²) in [7, 11) is 0. The fraction of sp³-hybridized carbons (Fsp3) is 0. The van der Waals surface area contributed by atoms with Crippen LogP contribution in [0.2, 0.25) is 0 Å². The van der Waals surface area contributed by atoms with Gasteiger partial charge in [-0.1, -0.05) is 0 Å². The molecule has 0 aliphatic rings. The van der Waals surface area contributed by atoms with Crippen molar-refractivity contribution in [2.24, 2.45) is 0 Å². The van der Waals surface area contributed by atoms with Gasteiger partial charge in [-0.15, -0.1) is 0 Å². The molecule has 58 valence electrons. The lowest BCUT2D eigenvalue weighted by Gasteiger charge is -1.72. The van der Waals surface area contributed by atoms with E-state index in [1.807, 2.05) is 0 Å². The van der Waals surface area contributed by atoms with Crippen LogP contribution in [0.25, 0.3) is 0 Å². The minimum Gasteiger partial charge on any atom is -0.473 e. The third-order valence-corrected chi connectivity index (χ3v) is 0.183. The maximum absolute atomic E-state index is 9.10. The van der Waals surface area contributed by atoms with Crippen LogP contribution in [0.3, 0.4) is 0 Å². The first-order valence-electron chi connectivity index (χ1n) is 1.76. The first-order chi connectivity index (χ1) is 4.37. The van der Waals surface area contributed by atoms with Crippen molar-refractivity contribution >= 4 is 51.3 Å². The van der Waals surface area contributed by atoms with Crippen molar-refractivity contribution < 1.29 is 19.8 Å². The fourth-order valence-electron chi connectivity index (χ4n) is 0. The largest absolute Gasteiger partial charge is 0.473 e. The molecule has 0 aromatic rings. The van der Waals surface area contributed by atoms with Crippen molar-refractivity contribution in [1.82, 2.24) is 0 Å². The van der Waals surface area contributed by atoms with Crippen LogP contribution in [-0.4, -0.2) is 27.1 Å². The number of carboxylic acids is 2. The number of hydrogen-bond acceptors (Lipinski definition) is 2. The first kappa shape index (κ1) is 12.5. The number of rotatable bonds is 0. The minimum atomic E-state index is -1.82. The SMILES string of the molecule is ClB(Cl)Cl.O=C(O)C(=O)O. The van der Waals surface area contributed by atoms with Crippen LogP contribution in [-0.2, 0) is 9.59 Å². The second kappa shape index (κ2) is 6.99. The van der Waals surface area contributed by atoms with E-state index in [4.69, 9.17) is 54.2 Å². The first-order valence-corrected chi connectivity index (χ1v) is 3.07. The maximum atomic E-state index is 9.10. The Labute approximate surface area is 71.5 Å². The molecule has 0 fully saturated rings. The van der Waals surface area contributed by atoms with E-state index < -0.39 is 16.9 Å². The molecule has 0 aromatic carbocycles. The summed E-state index contributed by atoms with van der Waals surface area (Å²) >= 11 is 14.4. The van der Waals surface area contributed by atoms with E-state index in [1.165, 1.54) is 0 Å². The molecule has 0 aliphatic carbocycles. The highest BCUT2D eigenvalue weighted by molar-refractivity contribution is 7.54. The molecule has 0 atom stereocenters. The zero-order valence-corrected chi connectivity index (χ0v) is 6.69. The molecule has 0 spiro atoms. The third-order valence-electron chi connectivity index (χ3n) is 0.183. The van der Waals surface area contributed by atoms with Crippen molar-refractivity contribution in [2.75, 3.05) is 0 Å². The Morgan fingerprint density at radius 2 is 1.10 bits per heavy atom. The van der Waals surface area contributed by atoms with E-state index in [1.54, 1.807) is 0 Å². The summed E-state index contributed by atoms with van der Waals surface area (Å²) in [6.45, 7) is 0. The van der Waals surface area contributed by atoms with Crippen LogP contribution in [0, 0.1) is 0 Å². The molecule has 2 N–H and O–H groups in total. The van der Waals surface area contributed by atoms with Crippen molar-refractivity contribution in [3.8, 4) is 0 Å². The van der Waals surface area contributed by atoms with Crippen molar-refractivity contribution in [3.05, 3.63) is 0 Å². The lowest BCUT2D eigenvalue weighted by molar-refractivity contribution is -0.159. The summed E-state index contributed by atoms with van der Waals surface area (Å²) < 4.78 is 0. The standard InChI is InChI=1S/C2H2O4.BCl3/c3-1(4)2(5)6;2-1(3)4/h(H,3,4)(H,5,6);. The average molecular weight is 207 g/mol. The monoisotopic (exact) mass is 206 g/mol. The van der Waals surface area contributed by atoms with Gasteiger partial charge in [-0.05, 0) is 0 Å². The summed E-state index contributed by atoms with van der Waals surface area (Å²) in [6, 6.07) is 0. The third kappa shape index (κ3) is 24.8. The number of carbonyl (C=O) groups is 2. The molecule has 0 aromatic heterocycles. The summed E-state index contributed by atoms with van der Waals surface area (Å²) in [5.74, 6) is -3.65. The van der Waals surface area contributed by atoms with E-state index in [0.29, 0.717) is 0 Å². The molecule has 0 aliphatic heterocycles. The quantitative estimate of drug-likeness (QED) is 0.456. The van der Waals surface area contributed by atoms with Crippen LogP contribution in [0.5, 0.6) is 0 Å². The van der Waals surface area contributed by atoms with E-state index in [2.05, 4.69) is 0 Å². The van der Waals surface area contributed by atoms with Gasteiger partial charge in [0, 0.05) is 0 Å². The molecule has 0 heterocycles. The molecule has 0 rings (SSSR count). The van der Waals surface area contributed by atoms with E-state index in [0.717, 1.165) is 0 Å². The van der Waals surface area contributed by atoms with Crippen LogP contribution >= 0.6 is 34.4 Å². The van der Waals surface area contributed by atoms with E-state index in [9.17, 15) is 0 Å². The molecule has 10 heavy (non-hydrogen) atoms. The van der Waals surface area contributed by atoms with Crippen LogP contribution in [0.1, 0.15) is 0 Å². The predicted octanol–water partition coefficient (Wildman–Crippen LogP) is 0.843. The van der Waals surface area contributed by atoms with Gasteiger partial charge in [0.25, 0.3) is 0 Å². The topological polar surface area (TPSA) is 74.6 Å². The molecule has 0 saturated carbocycles. The molecule has 0 saturated heterocycles. The Morgan fingerprint density at radius 3 is 1.10 bits per heavy atom. The van der Waals surface area contributed by atoms with Gasteiger partial charge in [-0.2, -0.15) is 34.4 Å². The van der Waals surface area contributed by atoms with Gasteiger partial charge in [0.2, 0.25) is 0 Å². The van der Waals surface area contributed by atoms with Crippen LogP contribution < -0.4 is 0 Å². The smallest absolute Gasteiger partial charge is 0.450 e. The van der Waals surface area contributed by atoms with Crippen molar-refractivity contribution in [3.63, 3.8) is 0 Å². The highest BCUT2D eigenvalue weighted by Crippen LogP contribution is 1.97. The number of halogens is 3. The van der Waals surface area contributed by atoms with Gasteiger partial charge in [-0.25, -0.2) is 9.59 Å². The molecular weight excluding hydrogens is 205 g/mol. The normalized spacial score (nSPS) is 7.10. The average Bonchev–Trinajstić information content (AvgIpc) is 1.63. The van der Waals surface area contributed by atoms with Gasteiger partial charge >= 0.3 is 16.9 Å². The highest BCUT2D eigenvalue weighted by atomic mass is 35.6. The van der Waals surface area contributed by atoms with Crippen molar-refractivity contribution in [1.29, 1.82) is 0 Å². The number of aliphatic carboxylic acids is 2. The Hall–Kier alpha value is -0.125. The summed E-state index contributed by atoms with van der Waals surface area (Å²) in [5, 5.41) is 14.8. The summed E-state index contributed by atoms with van der Waals surface area (Å²) in [6.07, 6.45) is 0. The Kier molecular flexibility index (Phi) is 8.76. The Bertz CT molecular complexity index is 111. The lowest BCUT2D eigenvalue weighted by atomic mass is 10.7. The molecule has 4 nitrogen and oxygen atoms in total. The van der Waals surface area contributed by atoms with Gasteiger partial charge in [0.1, 0.15) is 0 Å². The van der Waals surface area contributed by atoms with Crippen molar-refractivity contribution in [2.45, 2.75) is 0 Å². The Morgan fingerprint density at radius 1 is 1.00 bits per heavy atom. The van der Waals surface area contributed by atoms with E-state index >= 15 is 0 Å². The van der Waals surface area contributed by atoms with Gasteiger partial charge < -0.3 is 10.2 Å². The van der Waals surface area contributed by atoms with Gasteiger partial charge in [0.15, 0.2) is 0 Å². The highest BCUT2D eigenvalue weighted by Gasteiger charge is 2.04. The molecule has 8 heteroatoms. The zero-order chi connectivity index (χ0) is 8.73. The minimum absolute atomic E-state index is 0.750. The molecule has 0 amide bonds. The Balaban J connectivity index is 0. The molecular formula is C2H2BCl3O4. The second-order valence-corrected chi connectivity index (χ2v) is 2.84. The lowest BCUT2D eigenvalue weighted by Crippen LogP contribution is -2.09. The molecule has 0 bridgehead atoms. The summed E-state index contributed by atoms with van der Waals surface area (Å²) in [4.78, 5) is 17.4. The number of hydrogen-bond donors (Lipinski definition) is 2. The molecule has 0 unspecified atom stereocenters. The van der Waals surface area contributed by atoms with E-state index in [-0.39, 0.29) is 0 Å². The second-order valence-electron chi connectivity index (χ2n) is 0.858. The van der Waals surface area contributed by atoms with Gasteiger partial charge in [0.05, 0.1) is 0 Å². The maximum Gasteiger partial charge on any atom is 0.450 e.